The van der Waals surface area contributed by atoms with Crippen LogP contribution >= 0.6 is 11.3 Å². The third kappa shape index (κ3) is 3.49. The van der Waals surface area contributed by atoms with Gasteiger partial charge in [0.1, 0.15) is 0 Å². The number of aromatic nitrogens is 1. The van der Waals surface area contributed by atoms with E-state index in [1.54, 1.807) is 25.3 Å². The van der Waals surface area contributed by atoms with Crippen LogP contribution in [-0.4, -0.2) is 24.7 Å². The Hall–Kier alpha value is -2.86. The lowest BCUT2D eigenvalue weighted by atomic mass is 10.2. The second-order valence-electron chi connectivity index (χ2n) is 5.32. The zero-order valence-electron chi connectivity index (χ0n) is 14.2. The number of carbonyl (C=O) groups excluding carboxylic acids is 1. The molecule has 0 spiro atoms. The van der Waals surface area contributed by atoms with Crippen molar-refractivity contribution in [1.82, 2.24) is 4.57 Å². The Morgan fingerprint density at radius 3 is 2.44 bits per heavy atom. The van der Waals surface area contributed by atoms with Crippen molar-refractivity contribution in [3.63, 3.8) is 0 Å². The summed E-state index contributed by atoms with van der Waals surface area (Å²) in [5.74, 6) is 0.759. The van der Waals surface area contributed by atoms with E-state index in [2.05, 4.69) is 4.99 Å². The summed E-state index contributed by atoms with van der Waals surface area (Å²) in [6.07, 6.45) is 0. The number of nitrogens with zero attached hydrogens (tertiary/aromatic N) is 2. The van der Waals surface area contributed by atoms with Gasteiger partial charge in [0.05, 0.1) is 19.9 Å². The molecule has 0 radical (unpaired) electrons. The van der Waals surface area contributed by atoms with Gasteiger partial charge in [0, 0.05) is 18.0 Å². The number of methoxy groups -OCH3 is 2. The first kappa shape index (κ1) is 17.0. The molecule has 3 aromatic rings. The summed E-state index contributed by atoms with van der Waals surface area (Å²) in [6, 6.07) is 15.0. The highest BCUT2D eigenvalue weighted by atomic mass is 32.1. The summed E-state index contributed by atoms with van der Waals surface area (Å²) in [5.41, 5.74) is 2.55. The van der Waals surface area contributed by atoms with Gasteiger partial charge in [-0.05, 0) is 23.8 Å². The largest absolute Gasteiger partial charge is 0.493 e. The van der Waals surface area contributed by atoms with E-state index in [1.165, 1.54) is 18.4 Å². The van der Waals surface area contributed by atoms with Crippen molar-refractivity contribution >= 4 is 17.2 Å². The standard InChI is InChI=1S/C19H18N2O3S/c1-21-15(13-7-5-4-6-8-13)12-25-19(21)20-18(22)14-9-10-16(23-2)17(11-14)24-3/h4-12H,1-3H3. The van der Waals surface area contributed by atoms with Crippen LogP contribution in [0, 0.1) is 0 Å². The fourth-order valence-corrected chi connectivity index (χ4v) is 3.37. The average molecular weight is 354 g/mol. The zero-order valence-corrected chi connectivity index (χ0v) is 15.0. The van der Waals surface area contributed by atoms with Gasteiger partial charge in [0.2, 0.25) is 0 Å². The van der Waals surface area contributed by atoms with Gasteiger partial charge in [0.15, 0.2) is 16.3 Å². The van der Waals surface area contributed by atoms with Crippen LogP contribution < -0.4 is 14.3 Å². The monoisotopic (exact) mass is 354 g/mol. The molecule has 0 saturated heterocycles. The van der Waals surface area contributed by atoms with Crippen LogP contribution in [0.4, 0.5) is 0 Å². The van der Waals surface area contributed by atoms with Gasteiger partial charge in [-0.1, -0.05) is 30.3 Å². The molecule has 6 heteroatoms. The van der Waals surface area contributed by atoms with Gasteiger partial charge >= 0.3 is 0 Å². The van der Waals surface area contributed by atoms with Crippen LogP contribution in [0.25, 0.3) is 11.3 Å². The summed E-state index contributed by atoms with van der Waals surface area (Å²) in [5, 5.41) is 2.00. The Morgan fingerprint density at radius 1 is 1.04 bits per heavy atom. The third-order valence-electron chi connectivity index (χ3n) is 3.82. The molecule has 1 amide bonds. The number of hydrogen-bond donors (Lipinski definition) is 0. The Kier molecular flexibility index (Phi) is 5.00. The molecule has 1 aromatic heterocycles. The van der Waals surface area contributed by atoms with Crippen molar-refractivity contribution in [2.45, 2.75) is 0 Å². The summed E-state index contributed by atoms with van der Waals surface area (Å²) in [7, 11) is 4.99. The molecule has 5 nitrogen and oxygen atoms in total. The molecule has 1 heterocycles. The maximum atomic E-state index is 12.5. The quantitative estimate of drug-likeness (QED) is 0.720. The molecular formula is C19H18N2O3S. The minimum atomic E-state index is -0.321. The van der Waals surface area contributed by atoms with Crippen LogP contribution in [0.1, 0.15) is 10.4 Å². The topological polar surface area (TPSA) is 52.8 Å². The minimum absolute atomic E-state index is 0.321. The van der Waals surface area contributed by atoms with Gasteiger partial charge in [-0.25, -0.2) is 0 Å². The molecule has 3 rings (SSSR count). The maximum absolute atomic E-state index is 12.5. The van der Waals surface area contributed by atoms with Crippen molar-refractivity contribution in [3.8, 4) is 22.8 Å². The predicted octanol–water partition coefficient (Wildman–Crippen LogP) is 3.51. The molecule has 2 aromatic carbocycles. The van der Waals surface area contributed by atoms with Crippen molar-refractivity contribution < 1.29 is 14.3 Å². The number of thiazole rings is 1. The van der Waals surface area contributed by atoms with Crippen LogP contribution in [0.5, 0.6) is 11.5 Å². The Bertz CT molecular complexity index is 958. The molecule has 25 heavy (non-hydrogen) atoms. The van der Waals surface area contributed by atoms with E-state index in [0.717, 1.165) is 11.3 Å². The predicted molar refractivity (Wildman–Crippen MR) is 98.2 cm³/mol. The van der Waals surface area contributed by atoms with Crippen molar-refractivity contribution in [1.29, 1.82) is 0 Å². The average Bonchev–Trinajstić information content (AvgIpc) is 3.02. The molecule has 128 valence electrons. The van der Waals surface area contributed by atoms with E-state index in [-0.39, 0.29) is 5.91 Å². The lowest BCUT2D eigenvalue weighted by molar-refractivity contribution is 0.0997. The van der Waals surface area contributed by atoms with E-state index in [4.69, 9.17) is 9.47 Å². The molecule has 0 atom stereocenters. The summed E-state index contributed by atoms with van der Waals surface area (Å²) in [6.45, 7) is 0. The highest BCUT2D eigenvalue weighted by Gasteiger charge is 2.11. The molecule has 0 aliphatic carbocycles. The molecular weight excluding hydrogens is 336 g/mol. The zero-order chi connectivity index (χ0) is 17.8. The van der Waals surface area contributed by atoms with Gasteiger partial charge in [-0.2, -0.15) is 4.99 Å². The van der Waals surface area contributed by atoms with Gasteiger partial charge < -0.3 is 14.0 Å². The van der Waals surface area contributed by atoms with Crippen molar-refractivity contribution in [2.75, 3.05) is 14.2 Å². The number of ether oxygens (including phenoxy) is 2. The first-order valence-electron chi connectivity index (χ1n) is 7.65. The normalized spacial score (nSPS) is 11.4. The fraction of sp³-hybridized carbons (Fsp3) is 0.158. The van der Waals surface area contributed by atoms with Crippen molar-refractivity contribution in [2.24, 2.45) is 12.0 Å². The van der Waals surface area contributed by atoms with Crippen LogP contribution in [0.15, 0.2) is 58.9 Å². The van der Waals surface area contributed by atoms with Crippen LogP contribution in [0.2, 0.25) is 0 Å². The second kappa shape index (κ2) is 7.36. The van der Waals surface area contributed by atoms with Crippen LogP contribution in [0.3, 0.4) is 0 Å². The number of rotatable bonds is 4. The molecule has 0 N–H and O–H groups in total. The number of carbonyl (C=O) groups is 1. The smallest absolute Gasteiger partial charge is 0.279 e. The molecule has 0 fully saturated rings. The molecule has 0 aliphatic rings. The molecule has 0 saturated carbocycles. The van der Waals surface area contributed by atoms with E-state index in [1.807, 2.05) is 47.3 Å². The lowest BCUT2D eigenvalue weighted by Gasteiger charge is -2.07. The summed E-state index contributed by atoms with van der Waals surface area (Å²) >= 11 is 1.43. The highest BCUT2D eigenvalue weighted by Crippen LogP contribution is 2.27. The SMILES string of the molecule is COc1ccc(C(=O)N=c2scc(-c3ccccc3)n2C)cc1OC. The minimum Gasteiger partial charge on any atom is -0.493 e. The van der Waals surface area contributed by atoms with Gasteiger partial charge in [0.25, 0.3) is 5.91 Å². The molecule has 0 aliphatic heterocycles. The first-order valence-corrected chi connectivity index (χ1v) is 8.53. The second-order valence-corrected chi connectivity index (χ2v) is 6.15. The fourth-order valence-electron chi connectivity index (χ4n) is 2.46. The highest BCUT2D eigenvalue weighted by molar-refractivity contribution is 7.07. The number of amides is 1. The van der Waals surface area contributed by atoms with E-state index >= 15 is 0 Å². The summed E-state index contributed by atoms with van der Waals surface area (Å²) in [4.78, 5) is 17.4. The number of hydrogen-bond acceptors (Lipinski definition) is 4. The summed E-state index contributed by atoms with van der Waals surface area (Å²) < 4.78 is 12.3. The van der Waals surface area contributed by atoms with Gasteiger partial charge in [-0.15, -0.1) is 11.3 Å². The molecule has 0 unspecified atom stereocenters. The lowest BCUT2D eigenvalue weighted by Crippen LogP contribution is -2.14. The molecule has 0 bridgehead atoms. The Morgan fingerprint density at radius 2 is 1.76 bits per heavy atom. The third-order valence-corrected chi connectivity index (χ3v) is 4.74. The van der Waals surface area contributed by atoms with E-state index in [9.17, 15) is 4.79 Å². The van der Waals surface area contributed by atoms with E-state index in [0.29, 0.717) is 21.9 Å². The van der Waals surface area contributed by atoms with E-state index < -0.39 is 0 Å². The number of benzene rings is 2. The van der Waals surface area contributed by atoms with Gasteiger partial charge in [-0.3, -0.25) is 4.79 Å². The maximum Gasteiger partial charge on any atom is 0.279 e. The Labute approximate surface area is 149 Å². The first-order chi connectivity index (χ1) is 12.1. The van der Waals surface area contributed by atoms with Crippen molar-refractivity contribution in [3.05, 3.63) is 64.3 Å². The van der Waals surface area contributed by atoms with Crippen LogP contribution in [-0.2, 0) is 7.05 Å². The Balaban J connectivity index is 1.96.